The third-order valence-electron chi connectivity index (χ3n) is 5.99. The van der Waals surface area contributed by atoms with Gasteiger partial charge in [0.05, 0.1) is 6.20 Å². The fourth-order valence-corrected chi connectivity index (χ4v) is 3.88. The summed E-state index contributed by atoms with van der Waals surface area (Å²) in [6.45, 7) is 7.25. The molecule has 9 heteroatoms. The van der Waals surface area contributed by atoms with Crippen LogP contribution in [0, 0.1) is 6.92 Å². The number of hydrogen-bond donors (Lipinski definition) is 2. The zero-order valence-corrected chi connectivity index (χ0v) is 18.9. The van der Waals surface area contributed by atoms with Gasteiger partial charge in [-0.15, -0.1) is 0 Å². The smallest absolute Gasteiger partial charge is 0.314 e. The van der Waals surface area contributed by atoms with Crippen molar-refractivity contribution >= 4 is 11.8 Å². The van der Waals surface area contributed by atoms with E-state index in [4.69, 9.17) is 0 Å². The number of carbonyl (C=O) groups is 1. The average molecular weight is 435 g/mol. The highest BCUT2D eigenvalue weighted by Gasteiger charge is 2.22. The number of carbonyl (C=O) groups excluding carboxylic acids is 1. The number of hydrogen-bond acceptors (Lipinski definition) is 6. The first-order valence-corrected chi connectivity index (χ1v) is 10.9. The van der Waals surface area contributed by atoms with E-state index in [9.17, 15) is 4.79 Å². The van der Waals surface area contributed by atoms with Gasteiger partial charge in [0.1, 0.15) is 5.69 Å². The molecule has 9 nitrogen and oxygen atoms in total. The van der Waals surface area contributed by atoms with Crippen molar-refractivity contribution in [3.8, 4) is 11.3 Å². The molecule has 3 heterocycles. The molecule has 1 aromatic carbocycles. The van der Waals surface area contributed by atoms with Crippen LogP contribution in [0.15, 0.2) is 42.9 Å². The van der Waals surface area contributed by atoms with Crippen molar-refractivity contribution < 1.29 is 4.79 Å². The molecule has 0 saturated carbocycles. The lowest BCUT2D eigenvalue weighted by atomic mass is 10.1. The Morgan fingerprint density at radius 1 is 1.06 bits per heavy atom. The number of benzene rings is 1. The minimum absolute atomic E-state index is 0.192. The Bertz CT molecular complexity index is 1050. The Kier molecular flexibility index (Phi) is 6.65. The van der Waals surface area contributed by atoms with Gasteiger partial charge >= 0.3 is 6.03 Å². The molecule has 2 aromatic heterocycles. The maximum atomic E-state index is 11.4. The number of piperazine rings is 1. The second kappa shape index (κ2) is 9.78. The molecular weight excluding hydrogens is 404 g/mol. The number of aromatic nitrogens is 4. The van der Waals surface area contributed by atoms with E-state index < -0.39 is 0 Å². The molecule has 0 radical (unpaired) electrons. The first-order valence-electron chi connectivity index (χ1n) is 10.9. The zero-order valence-electron chi connectivity index (χ0n) is 18.9. The highest BCUT2D eigenvalue weighted by molar-refractivity contribution is 5.74. The van der Waals surface area contributed by atoms with Crippen molar-refractivity contribution in [2.45, 2.75) is 20.0 Å². The summed E-state index contributed by atoms with van der Waals surface area (Å²) in [7, 11) is 3.59. The van der Waals surface area contributed by atoms with Crippen LogP contribution in [-0.2, 0) is 20.1 Å². The molecule has 4 rings (SSSR count). The second-order valence-corrected chi connectivity index (χ2v) is 8.00. The van der Waals surface area contributed by atoms with Crippen LogP contribution in [-0.4, -0.2) is 63.9 Å². The molecule has 0 bridgehead atoms. The minimum atomic E-state index is -0.192. The minimum Gasteiger partial charge on any atom is -0.352 e. The lowest BCUT2D eigenvalue weighted by molar-refractivity contribution is 0.242. The summed E-state index contributed by atoms with van der Waals surface area (Å²) < 4.78 is 1.93. The van der Waals surface area contributed by atoms with E-state index in [1.54, 1.807) is 19.4 Å². The molecule has 168 valence electrons. The Balaban J connectivity index is 1.41. The van der Waals surface area contributed by atoms with Gasteiger partial charge in [0.2, 0.25) is 0 Å². The third kappa shape index (κ3) is 4.88. The van der Waals surface area contributed by atoms with Gasteiger partial charge in [-0.3, -0.25) is 14.6 Å². The van der Waals surface area contributed by atoms with Crippen LogP contribution in [0.4, 0.5) is 10.6 Å². The van der Waals surface area contributed by atoms with E-state index in [0.29, 0.717) is 6.54 Å². The van der Waals surface area contributed by atoms with Crippen LogP contribution >= 0.6 is 0 Å². The lowest BCUT2D eigenvalue weighted by Gasteiger charge is -2.35. The van der Waals surface area contributed by atoms with E-state index >= 15 is 0 Å². The van der Waals surface area contributed by atoms with Crippen molar-refractivity contribution in [3.05, 3.63) is 59.7 Å². The van der Waals surface area contributed by atoms with E-state index in [1.807, 2.05) is 42.2 Å². The van der Waals surface area contributed by atoms with Gasteiger partial charge < -0.3 is 15.5 Å². The molecular formula is C23H30N8O. The summed E-state index contributed by atoms with van der Waals surface area (Å²) in [5, 5.41) is 9.71. The first kappa shape index (κ1) is 21.8. The monoisotopic (exact) mass is 434 g/mol. The third-order valence-corrected chi connectivity index (χ3v) is 5.99. The quantitative estimate of drug-likeness (QED) is 0.616. The Morgan fingerprint density at radius 2 is 1.78 bits per heavy atom. The number of amides is 2. The van der Waals surface area contributed by atoms with Gasteiger partial charge in [0.25, 0.3) is 0 Å². The van der Waals surface area contributed by atoms with E-state index in [0.717, 1.165) is 55.4 Å². The average Bonchev–Trinajstić information content (AvgIpc) is 3.15. The maximum absolute atomic E-state index is 11.4. The molecule has 1 aliphatic heterocycles. The Morgan fingerprint density at radius 3 is 2.44 bits per heavy atom. The van der Waals surface area contributed by atoms with Crippen LogP contribution < -0.4 is 15.5 Å². The molecule has 32 heavy (non-hydrogen) atoms. The van der Waals surface area contributed by atoms with Gasteiger partial charge in [0, 0.05) is 82.6 Å². The van der Waals surface area contributed by atoms with E-state index in [-0.39, 0.29) is 6.03 Å². The molecule has 0 spiro atoms. The highest BCUT2D eigenvalue weighted by Crippen LogP contribution is 2.28. The maximum Gasteiger partial charge on any atom is 0.314 e. The van der Waals surface area contributed by atoms with Gasteiger partial charge in [-0.2, -0.15) is 5.10 Å². The van der Waals surface area contributed by atoms with Crippen molar-refractivity contribution in [2.24, 2.45) is 7.05 Å². The Hall–Kier alpha value is -3.46. The van der Waals surface area contributed by atoms with E-state index in [2.05, 4.69) is 42.4 Å². The molecule has 1 fully saturated rings. The van der Waals surface area contributed by atoms with Crippen molar-refractivity contribution in [2.75, 3.05) is 38.1 Å². The molecule has 0 atom stereocenters. The van der Waals surface area contributed by atoms with Crippen LogP contribution in [0.1, 0.15) is 16.8 Å². The molecule has 1 saturated heterocycles. The first-order chi connectivity index (χ1) is 15.5. The largest absolute Gasteiger partial charge is 0.352 e. The topological polar surface area (TPSA) is 91.2 Å². The second-order valence-electron chi connectivity index (χ2n) is 8.00. The van der Waals surface area contributed by atoms with Gasteiger partial charge in [-0.05, 0) is 12.5 Å². The van der Waals surface area contributed by atoms with Crippen molar-refractivity contribution in [1.29, 1.82) is 0 Å². The van der Waals surface area contributed by atoms with Crippen molar-refractivity contribution in [3.63, 3.8) is 0 Å². The Labute approximate surface area is 188 Å². The predicted molar refractivity (Wildman–Crippen MR) is 124 cm³/mol. The SMILES string of the molecule is CNC(=O)NCc1ccc(-c2nccnc2N2CCN(Cc3cnn(C)c3C)CC2)cc1. The molecule has 3 aromatic rings. The van der Waals surface area contributed by atoms with E-state index in [1.165, 1.54) is 11.3 Å². The molecule has 0 aliphatic carbocycles. The molecule has 1 aliphatic rings. The number of nitrogens with zero attached hydrogens (tertiary/aromatic N) is 6. The molecule has 0 unspecified atom stereocenters. The zero-order chi connectivity index (χ0) is 22.5. The van der Waals surface area contributed by atoms with Crippen LogP contribution in [0.2, 0.25) is 0 Å². The van der Waals surface area contributed by atoms with Gasteiger partial charge in [-0.1, -0.05) is 24.3 Å². The summed E-state index contributed by atoms with van der Waals surface area (Å²) in [5.41, 5.74) is 5.44. The fraction of sp³-hybridized carbons (Fsp3) is 0.391. The molecule has 2 N–H and O–H groups in total. The fourth-order valence-electron chi connectivity index (χ4n) is 3.88. The lowest BCUT2D eigenvalue weighted by Crippen LogP contribution is -2.46. The van der Waals surface area contributed by atoms with Gasteiger partial charge in [-0.25, -0.2) is 9.78 Å². The summed E-state index contributed by atoms with van der Waals surface area (Å²) in [6.07, 6.45) is 5.46. The number of anilines is 1. The number of nitrogens with one attached hydrogen (secondary N) is 2. The summed E-state index contributed by atoms with van der Waals surface area (Å²) >= 11 is 0. The summed E-state index contributed by atoms with van der Waals surface area (Å²) in [4.78, 5) is 25.5. The van der Waals surface area contributed by atoms with Crippen LogP contribution in [0.25, 0.3) is 11.3 Å². The number of urea groups is 1. The normalized spacial score (nSPS) is 14.4. The van der Waals surface area contributed by atoms with Crippen LogP contribution in [0.3, 0.4) is 0 Å². The standard InChI is InChI=1S/C23H30N8O/c1-17-20(15-28-29(17)3)16-30-10-12-31(13-11-30)22-21(25-8-9-26-22)19-6-4-18(5-7-19)14-27-23(32)24-2/h4-9,15H,10-14,16H2,1-3H3,(H2,24,27,32). The summed E-state index contributed by atoms with van der Waals surface area (Å²) in [5.74, 6) is 0.918. The van der Waals surface area contributed by atoms with Gasteiger partial charge in [0.15, 0.2) is 5.82 Å². The number of rotatable bonds is 6. The van der Waals surface area contributed by atoms with Crippen LogP contribution in [0.5, 0.6) is 0 Å². The highest BCUT2D eigenvalue weighted by atomic mass is 16.2. The predicted octanol–water partition coefficient (Wildman–Crippen LogP) is 1.94. The number of aryl methyl sites for hydroxylation is 1. The van der Waals surface area contributed by atoms with Crippen molar-refractivity contribution in [1.82, 2.24) is 35.3 Å². The summed E-state index contributed by atoms with van der Waals surface area (Å²) in [6, 6.07) is 7.91. The molecule has 2 amide bonds.